The molecular weight excluding hydrogens is 378 g/mol. The minimum absolute atomic E-state index is 0.0383. The van der Waals surface area contributed by atoms with Crippen molar-refractivity contribution in [2.75, 3.05) is 24.7 Å². The highest BCUT2D eigenvalue weighted by molar-refractivity contribution is 7.89. The number of nitrogens with zero attached hydrogens (tertiary/aromatic N) is 1. The van der Waals surface area contributed by atoms with Crippen LogP contribution in [0.5, 0.6) is 0 Å². The summed E-state index contributed by atoms with van der Waals surface area (Å²) in [4.78, 5) is 25.1. The lowest BCUT2D eigenvalue weighted by Crippen LogP contribution is -2.31. The Morgan fingerprint density at radius 1 is 1.18 bits per heavy atom. The maximum atomic E-state index is 13.0. The first-order valence-corrected chi connectivity index (χ1v) is 10.3. The zero-order valence-electron chi connectivity index (χ0n) is 16.2. The number of fused-ring (bicyclic) bond motifs is 1. The molecule has 1 aliphatic heterocycles. The first-order valence-electron chi connectivity index (χ1n) is 8.84. The van der Waals surface area contributed by atoms with Gasteiger partial charge >= 0.3 is 0 Å². The molecule has 0 radical (unpaired) electrons. The van der Waals surface area contributed by atoms with E-state index in [0.717, 1.165) is 21.0 Å². The number of aryl methyl sites for hydroxylation is 1. The highest BCUT2D eigenvalue weighted by Crippen LogP contribution is 2.34. The van der Waals surface area contributed by atoms with Gasteiger partial charge in [0.15, 0.2) is 0 Å². The van der Waals surface area contributed by atoms with Crippen molar-refractivity contribution in [3.63, 3.8) is 0 Å². The molecule has 0 spiro atoms. The van der Waals surface area contributed by atoms with Gasteiger partial charge in [0, 0.05) is 31.9 Å². The van der Waals surface area contributed by atoms with Crippen molar-refractivity contribution in [3.05, 3.63) is 53.1 Å². The van der Waals surface area contributed by atoms with Crippen LogP contribution < -0.4 is 10.6 Å². The number of hydrogen-bond acceptors (Lipinski definition) is 4. The van der Waals surface area contributed by atoms with Crippen LogP contribution in [0.4, 0.5) is 11.4 Å². The molecule has 8 heteroatoms. The van der Waals surface area contributed by atoms with Gasteiger partial charge in [-0.2, -0.15) is 0 Å². The maximum absolute atomic E-state index is 13.0. The van der Waals surface area contributed by atoms with E-state index in [9.17, 15) is 18.0 Å². The second kappa shape index (κ2) is 7.37. The predicted molar refractivity (Wildman–Crippen MR) is 108 cm³/mol. The van der Waals surface area contributed by atoms with Gasteiger partial charge in [-0.05, 0) is 48.7 Å². The van der Waals surface area contributed by atoms with E-state index >= 15 is 0 Å². The molecule has 0 saturated carbocycles. The van der Waals surface area contributed by atoms with Gasteiger partial charge in [0.1, 0.15) is 0 Å². The molecule has 3 rings (SSSR count). The standard InChI is InChI=1S/C20H23N3O4S/c1-12-9-14(28(26,27)23(3)4)10-18(13(12)2)22-20(25)16-11-19(24)21-17-8-6-5-7-15(16)17/h5-10,16H,11H2,1-4H3,(H,21,24)(H,22,25). The van der Waals surface area contributed by atoms with Crippen molar-refractivity contribution in [1.29, 1.82) is 0 Å². The quantitative estimate of drug-likeness (QED) is 0.823. The first kappa shape index (κ1) is 20.0. The van der Waals surface area contributed by atoms with E-state index in [1.807, 2.05) is 19.1 Å². The number of para-hydroxylation sites is 1. The molecule has 0 fully saturated rings. The van der Waals surface area contributed by atoms with E-state index in [-0.39, 0.29) is 23.1 Å². The molecule has 1 heterocycles. The van der Waals surface area contributed by atoms with E-state index in [1.54, 1.807) is 25.1 Å². The average Bonchev–Trinajstić information content (AvgIpc) is 2.64. The van der Waals surface area contributed by atoms with E-state index in [2.05, 4.69) is 10.6 Å². The van der Waals surface area contributed by atoms with Crippen molar-refractivity contribution < 1.29 is 18.0 Å². The highest BCUT2D eigenvalue weighted by Gasteiger charge is 2.31. The van der Waals surface area contributed by atoms with Gasteiger partial charge in [-0.25, -0.2) is 12.7 Å². The van der Waals surface area contributed by atoms with Crippen LogP contribution >= 0.6 is 0 Å². The van der Waals surface area contributed by atoms with Crippen molar-refractivity contribution in [2.24, 2.45) is 0 Å². The molecule has 2 N–H and O–H groups in total. The van der Waals surface area contributed by atoms with Gasteiger partial charge in [0.05, 0.1) is 10.8 Å². The van der Waals surface area contributed by atoms with Crippen molar-refractivity contribution >= 4 is 33.2 Å². The van der Waals surface area contributed by atoms with Crippen LogP contribution in [-0.4, -0.2) is 38.6 Å². The predicted octanol–water partition coefficient (Wildman–Crippen LogP) is 2.62. The Kier molecular flexibility index (Phi) is 5.27. The fourth-order valence-electron chi connectivity index (χ4n) is 3.18. The second-order valence-electron chi connectivity index (χ2n) is 7.08. The number of carbonyl (C=O) groups excluding carboxylic acids is 2. The van der Waals surface area contributed by atoms with Crippen molar-refractivity contribution in [3.8, 4) is 0 Å². The number of sulfonamides is 1. The van der Waals surface area contributed by atoms with Gasteiger partial charge < -0.3 is 10.6 Å². The van der Waals surface area contributed by atoms with Crippen molar-refractivity contribution in [2.45, 2.75) is 31.1 Å². The Morgan fingerprint density at radius 2 is 1.86 bits per heavy atom. The number of benzene rings is 2. The third-order valence-electron chi connectivity index (χ3n) is 4.99. The summed E-state index contributed by atoms with van der Waals surface area (Å²) in [5.74, 6) is -1.21. The summed E-state index contributed by atoms with van der Waals surface area (Å²) >= 11 is 0. The smallest absolute Gasteiger partial charge is 0.242 e. The zero-order chi connectivity index (χ0) is 20.6. The second-order valence-corrected chi connectivity index (χ2v) is 9.23. The Balaban J connectivity index is 1.97. The Morgan fingerprint density at radius 3 is 2.54 bits per heavy atom. The largest absolute Gasteiger partial charge is 0.326 e. The first-order chi connectivity index (χ1) is 13.1. The summed E-state index contributed by atoms with van der Waals surface area (Å²) in [6.07, 6.45) is 0.0383. The number of carbonyl (C=O) groups is 2. The lowest BCUT2D eigenvalue weighted by Gasteiger charge is -2.25. The normalized spacial score (nSPS) is 16.5. The van der Waals surface area contributed by atoms with Crippen LogP contribution in [0.2, 0.25) is 0 Å². The Hall–Kier alpha value is -2.71. The number of nitrogens with one attached hydrogen (secondary N) is 2. The lowest BCUT2D eigenvalue weighted by atomic mass is 9.89. The van der Waals surface area contributed by atoms with Crippen molar-refractivity contribution in [1.82, 2.24) is 4.31 Å². The topological polar surface area (TPSA) is 95.6 Å². The third kappa shape index (κ3) is 3.65. The van der Waals surface area contributed by atoms with Crippen LogP contribution in [0, 0.1) is 13.8 Å². The van der Waals surface area contributed by atoms with E-state index in [1.165, 1.54) is 20.2 Å². The van der Waals surface area contributed by atoms with E-state index < -0.39 is 15.9 Å². The molecular formula is C20H23N3O4S. The number of anilines is 2. The summed E-state index contributed by atoms with van der Waals surface area (Å²) in [5.41, 5.74) is 3.32. The molecule has 148 valence electrons. The summed E-state index contributed by atoms with van der Waals surface area (Å²) in [6, 6.07) is 10.2. The monoisotopic (exact) mass is 401 g/mol. The molecule has 1 atom stereocenters. The minimum Gasteiger partial charge on any atom is -0.326 e. The van der Waals surface area contributed by atoms with Gasteiger partial charge in [-0.3, -0.25) is 9.59 Å². The summed E-state index contributed by atoms with van der Waals surface area (Å²) in [7, 11) is -0.721. The van der Waals surface area contributed by atoms with Gasteiger partial charge in [-0.1, -0.05) is 18.2 Å². The van der Waals surface area contributed by atoms with Gasteiger partial charge in [-0.15, -0.1) is 0 Å². The Labute approximate surface area is 164 Å². The van der Waals surface area contributed by atoms with Crippen LogP contribution in [0.3, 0.4) is 0 Å². The molecule has 0 saturated heterocycles. The molecule has 1 unspecified atom stereocenters. The summed E-state index contributed by atoms with van der Waals surface area (Å²) < 4.78 is 26.1. The summed E-state index contributed by atoms with van der Waals surface area (Å²) in [6.45, 7) is 3.61. The molecule has 0 aromatic heterocycles. The fraction of sp³-hybridized carbons (Fsp3) is 0.300. The lowest BCUT2D eigenvalue weighted by molar-refractivity contribution is -0.123. The summed E-state index contributed by atoms with van der Waals surface area (Å²) in [5, 5.41) is 5.60. The molecule has 0 bridgehead atoms. The number of amides is 2. The van der Waals surface area contributed by atoms with Gasteiger partial charge in [0.2, 0.25) is 21.8 Å². The SMILES string of the molecule is Cc1cc(S(=O)(=O)N(C)C)cc(NC(=O)C2CC(=O)Nc3ccccc32)c1C. The molecule has 2 amide bonds. The van der Waals surface area contributed by atoms with Crippen LogP contribution in [0.1, 0.15) is 29.0 Å². The zero-order valence-corrected chi connectivity index (χ0v) is 17.1. The minimum atomic E-state index is -3.64. The maximum Gasteiger partial charge on any atom is 0.242 e. The molecule has 28 heavy (non-hydrogen) atoms. The number of rotatable bonds is 4. The number of hydrogen-bond donors (Lipinski definition) is 2. The molecule has 0 aliphatic carbocycles. The molecule has 1 aliphatic rings. The fourth-order valence-corrected chi connectivity index (χ4v) is 4.20. The average molecular weight is 401 g/mol. The van der Waals surface area contributed by atoms with E-state index in [0.29, 0.717) is 11.4 Å². The molecule has 2 aromatic rings. The van der Waals surface area contributed by atoms with Gasteiger partial charge in [0.25, 0.3) is 0 Å². The molecule has 2 aromatic carbocycles. The van der Waals surface area contributed by atoms with Crippen LogP contribution in [0.25, 0.3) is 0 Å². The van der Waals surface area contributed by atoms with Crippen LogP contribution in [0.15, 0.2) is 41.3 Å². The Bertz CT molecular complexity index is 1060. The molecule has 7 nitrogen and oxygen atoms in total. The third-order valence-corrected chi connectivity index (χ3v) is 6.79. The van der Waals surface area contributed by atoms with E-state index in [4.69, 9.17) is 0 Å². The van der Waals surface area contributed by atoms with Crippen LogP contribution in [-0.2, 0) is 19.6 Å². The highest BCUT2D eigenvalue weighted by atomic mass is 32.2.